The number of β-amino-alcohol motifs (C(OH)–C–C–N with tert-alkyl or cyclic N) is 1. The quantitative estimate of drug-likeness (QED) is 0.714. The molecule has 6 nitrogen and oxygen atoms in total. The van der Waals surface area contributed by atoms with Gasteiger partial charge in [-0.2, -0.15) is 0 Å². The summed E-state index contributed by atoms with van der Waals surface area (Å²) in [5, 5.41) is 10.6. The fourth-order valence-electron chi connectivity index (χ4n) is 3.48. The molecule has 0 aliphatic carbocycles. The first kappa shape index (κ1) is 21.1. The van der Waals surface area contributed by atoms with E-state index in [4.69, 9.17) is 15.2 Å². The molecule has 6 heteroatoms. The van der Waals surface area contributed by atoms with Crippen LogP contribution < -0.4 is 15.2 Å². The van der Waals surface area contributed by atoms with Crippen LogP contribution in [0.4, 0.5) is 0 Å². The fraction of sp³-hybridized carbons (Fsp3) is 0.435. The number of hydrogen-bond acceptors (Lipinski definition) is 5. The first-order valence-corrected chi connectivity index (χ1v) is 10.1. The Kier molecular flexibility index (Phi) is 7.12. The number of carbonyl (C=O) groups excluding carboxylic acids is 1. The third-order valence-corrected chi connectivity index (χ3v) is 5.13. The van der Waals surface area contributed by atoms with Crippen LogP contribution in [-0.4, -0.2) is 47.8 Å². The summed E-state index contributed by atoms with van der Waals surface area (Å²) in [6.45, 7) is 6.34. The molecule has 3 rings (SSSR count). The topological polar surface area (TPSA) is 85.0 Å². The van der Waals surface area contributed by atoms with E-state index in [1.165, 1.54) is 5.56 Å². The first-order valence-electron chi connectivity index (χ1n) is 10.1. The Morgan fingerprint density at radius 3 is 2.62 bits per heavy atom. The number of nitrogens with two attached hydrogens (primary N) is 1. The van der Waals surface area contributed by atoms with Crippen molar-refractivity contribution in [2.75, 3.05) is 19.7 Å². The van der Waals surface area contributed by atoms with Gasteiger partial charge in [0.25, 0.3) is 5.91 Å². The lowest BCUT2D eigenvalue weighted by molar-refractivity contribution is -0.119. The Balaban J connectivity index is 1.51. The van der Waals surface area contributed by atoms with E-state index in [2.05, 4.69) is 30.9 Å². The second kappa shape index (κ2) is 9.76. The van der Waals surface area contributed by atoms with Gasteiger partial charge in [-0.15, -0.1) is 0 Å². The maximum atomic E-state index is 10.8. The molecule has 1 saturated heterocycles. The molecule has 0 bridgehead atoms. The molecule has 2 aromatic carbocycles. The van der Waals surface area contributed by atoms with Crippen LogP contribution in [0.1, 0.15) is 37.3 Å². The van der Waals surface area contributed by atoms with Gasteiger partial charge in [-0.05, 0) is 47.7 Å². The highest BCUT2D eigenvalue weighted by atomic mass is 16.5. The summed E-state index contributed by atoms with van der Waals surface area (Å²) in [5.74, 6) is 1.38. The summed E-state index contributed by atoms with van der Waals surface area (Å²) in [6, 6.07) is 15.7. The van der Waals surface area contributed by atoms with Crippen molar-refractivity contribution in [3.05, 3.63) is 59.7 Å². The van der Waals surface area contributed by atoms with E-state index in [-0.39, 0.29) is 12.7 Å². The predicted octanol–water partition coefficient (Wildman–Crippen LogP) is 2.69. The minimum Gasteiger partial charge on any atom is -0.488 e. The Bertz CT molecular complexity index is 807. The van der Waals surface area contributed by atoms with E-state index in [9.17, 15) is 9.90 Å². The monoisotopic (exact) mass is 398 g/mol. The Morgan fingerprint density at radius 2 is 1.97 bits per heavy atom. The average molecular weight is 399 g/mol. The second-order valence-corrected chi connectivity index (χ2v) is 7.87. The Hall–Kier alpha value is -2.57. The Labute approximate surface area is 172 Å². The van der Waals surface area contributed by atoms with Gasteiger partial charge in [0, 0.05) is 19.6 Å². The molecular formula is C23H30N2O4. The molecule has 1 amide bonds. The molecule has 0 radical (unpaired) electrons. The van der Waals surface area contributed by atoms with Gasteiger partial charge in [-0.3, -0.25) is 9.69 Å². The second-order valence-electron chi connectivity index (χ2n) is 7.87. The van der Waals surface area contributed by atoms with Crippen molar-refractivity contribution in [1.82, 2.24) is 4.90 Å². The molecular weight excluding hydrogens is 368 g/mol. The first-order chi connectivity index (χ1) is 13.9. The van der Waals surface area contributed by atoms with Crippen LogP contribution in [-0.2, 0) is 11.3 Å². The molecule has 156 valence electrons. The minimum atomic E-state index is -0.537. The lowest BCUT2D eigenvalue weighted by Crippen LogP contribution is -2.48. The maximum Gasteiger partial charge on any atom is 0.255 e. The van der Waals surface area contributed by atoms with Gasteiger partial charge >= 0.3 is 0 Å². The van der Waals surface area contributed by atoms with Crippen molar-refractivity contribution < 1.29 is 19.4 Å². The number of likely N-dealkylation sites (tertiary alicyclic amines) is 1. The van der Waals surface area contributed by atoms with Gasteiger partial charge < -0.3 is 20.3 Å². The molecule has 3 N–H and O–H groups in total. The van der Waals surface area contributed by atoms with Crippen molar-refractivity contribution in [2.45, 2.75) is 44.9 Å². The molecule has 0 aromatic heterocycles. The molecule has 0 saturated carbocycles. The van der Waals surface area contributed by atoms with Crippen molar-refractivity contribution >= 4 is 5.91 Å². The predicted molar refractivity (Wildman–Crippen MR) is 112 cm³/mol. The van der Waals surface area contributed by atoms with Gasteiger partial charge in [0.1, 0.15) is 23.7 Å². The van der Waals surface area contributed by atoms with Crippen LogP contribution in [0.5, 0.6) is 11.5 Å². The largest absolute Gasteiger partial charge is 0.488 e. The highest BCUT2D eigenvalue weighted by Gasteiger charge is 2.29. The number of hydrogen-bond donors (Lipinski definition) is 2. The van der Waals surface area contributed by atoms with Crippen LogP contribution in [0, 0.1) is 0 Å². The Morgan fingerprint density at radius 1 is 1.21 bits per heavy atom. The fourth-order valence-corrected chi connectivity index (χ4v) is 3.48. The summed E-state index contributed by atoms with van der Waals surface area (Å²) in [7, 11) is 0. The lowest BCUT2D eigenvalue weighted by Gasteiger charge is -2.36. The normalized spacial score (nSPS) is 19.9. The highest BCUT2D eigenvalue weighted by Crippen LogP contribution is 2.24. The third kappa shape index (κ3) is 6.21. The summed E-state index contributed by atoms with van der Waals surface area (Å²) < 4.78 is 11.4. The zero-order chi connectivity index (χ0) is 20.8. The van der Waals surface area contributed by atoms with E-state index in [0.29, 0.717) is 18.2 Å². The number of aliphatic hydroxyl groups is 1. The van der Waals surface area contributed by atoms with Crippen molar-refractivity contribution in [3.63, 3.8) is 0 Å². The maximum absolute atomic E-state index is 10.8. The number of amides is 1. The van der Waals surface area contributed by atoms with Crippen molar-refractivity contribution in [1.29, 1.82) is 0 Å². The van der Waals surface area contributed by atoms with Gasteiger partial charge in [0.05, 0.1) is 0 Å². The molecule has 1 aliphatic heterocycles. The number of benzene rings is 2. The number of primary amides is 1. The SMILES string of the molecule is CC(C)c1cccc(O[C@@H]2CCN(Cc3ccc(OCC(N)=O)cc3)C[C@H]2O)c1. The summed E-state index contributed by atoms with van der Waals surface area (Å²) in [4.78, 5) is 13.0. The average Bonchev–Trinajstić information content (AvgIpc) is 2.70. The highest BCUT2D eigenvalue weighted by molar-refractivity contribution is 5.75. The zero-order valence-electron chi connectivity index (χ0n) is 17.1. The third-order valence-electron chi connectivity index (χ3n) is 5.13. The lowest BCUT2D eigenvalue weighted by atomic mass is 10.0. The minimum absolute atomic E-state index is 0.126. The van der Waals surface area contributed by atoms with Crippen LogP contribution in [0.15, 0.2) is 48.5 Å². The number of rotatable bonds is 8. The van der Waals surface area contributed by atoms with Gasteiger partial charge in [-0.25, -0.2) is 0 Å². The van der Waals surface area contributed by atoms with E-state index in [1.807, 2.05) is 36.4 Å². The van der Waals surface area contributed by atoms with Crippen LogP contribution >= 0.6 is 0 Å². The molecule has 1 heterocycles. The van der Waals surface area contributed by atoms with E-state index in [0.717, 1.165) is 30.8 Å². The number of aliphatic hydroxyl groups excluding tert-OH is 1. The van der Waals surface area contributed by atoms with Crippen molar-refractivity contribution in [2.24, 2.45) is 5.73 Å². The number of ether oxygens (including phenoxy) is 2. The molecule has 29 heavy (non-hydrogen) atoms. The standard InChI is InChI=1S/C23H30N2O4/c1-16(2)18-4-3-5-20(12-18)29-22-10-11-25(14-21(22)26)13-17-6-8-19(9-7-17)28-15-23(24)27/h3-9,12,16,21-22,26H,10-11,13-15H2,1-2H3,(H2,24,27)/t21-,22-/m1/s1. The summed E-state index contributed by atoms with van der Waals surface area (Å²) in [6.07, 6.45) is 0.0373. The van der Waals surface area contributed by atoms with Gasteiger partial charge in [0.2, 0.25) is 0 Å². The molecule has 0 spiro atoms. The van der Waals surface area contributed by atoms with Gasteiger partial charge in [-0.1, -0.05) is 38.1 Å². The smallest absolute Gasteiger partial charge is 0.255 e. The number of piperidine rings is 1. The molecule has 1 aliphatic rings. The summed E-state index contributed by atoms with van der Waals surface area (Å²) >= 11 is 0. The zero-order valence-corrected chi connectivity index (χ0v) is 17.1. The molecule has 0 unspecified atom stereocenters. The van der Waals surface area contributed by atoms with E-state index in [1.54, 1.807) is 0 Å². The van der Waals surface area contributed by atoms with Crippen LogP contribution in [0.25, 0.3) is 0 Å². The van der Waals surface area contributed by atoms with E-state index < -0.39 is 12.0 Å². The van der Waals surface area contributed by atoms with E-state index >= 15 is 0 Å². The number of carbonyl (C=O) groups is 1. The van der Waals surface area contributed by atoms with Gasteiger partial charge in [0.15, 0.2) is 6.61 Å². The summed E-state index contributed by atoms with van der Waals surface area (Å²) in [5.41, 5.74) is 7.43. The van der Waals surface area contributed by atoms with Crippen LogP contribution in [0.2, 0.25) is 0 Å². The number of nitrogens with zero attached hydrogens (tertiary/aromatic N) is 1. The molecule has 2 aromatic rings. The molecule has 1 fully saturated rings. The van der Waals surface area contributed by atoms with Crippen LogP contribution in [0.3, 0.4) is 0 Å². The molecule has 2 atom stereocenters. The van der Waals surface area contributed by atoms with Crippen molar-refractivity contribution in [3.8, 4) is 11.5 Å².